The minimum atomic E-state index is -0.282. The van der Waals surface area contributed by atoms with E-state index in [9.17, 15) is 4.79 Å². The SMILES string of the molecule is NC(=O)C(CCOc1ccc2c(c1)CCCC2)NC1CC1. The molecule has 3 rings (SSSR count). The third kappa shape index (κ3) is 3.97. The second-order valence-corrected chi connectivity index (χ2v) is 6.17. The van der Waals surface area contributed by atoms with Crippen LogP contribution in [0.5, 0.6) is 5.75 Å². The van der Waals surface area contributed by atoms with E-state index >= 15 is 0 Å². The van der Waals surface area contributed by atoms with E-state index in [0.29, 0.717) is 19.1 Å². The summed E-state index contributed by atoms with van der Waals surface area (Å²) in [4.78, 5) is 11.4. The molecular weight excluding hydrogens is 264 g/mol. The van der Waals surface area contributed by atoms with Crippen molar-refractivity contribution in [3.63, 3.8) is 0 Å². The first-order valence-electron chi connectivity index (χ1n) is 8.02. The quantitative estimate of drug-likeness (QED) is 0.806. The Bertz CT molecular complexity index is 512. The normalized spacial score (nSPS) is 18.9. The average molecular weight is 288 g/mol. The molecule has 0 aliphatic heterocycles. The van der Waals surface area contributed by atoms with Gasteiger partial charge in [-0.2, -0.15) is 0 Å². The van der Waals surface area contributed by atoms with Gasteiger partial charge >= 0.3 is 0 Å². The van der Waals surface area contributed by atoms with Crippen LogP contribution in [0.15, 0.2) is 18.2 Å². The van der Waals surface area contributed by atoms with Crippen molar-refractivity contribution in [3.8, 4) is 5.75 Å². The average Bonchev–Trinajstić information content (AvgIpc) is 3.30. The molecule has 2 aliphatic rings. The molecule has 4 nitrogen and oxygen atoms in total. The van der Waals surface area contributed by atoms with Gasteiger partial charge in [0, 0.05) is 12.5 Å². The number of ether oxygens (including phenoxy) is 1. The maximum atomic E-state index is 11.4. The summed E-state index contributed by atoms with van der Waals surface area (Å²) in [6.07, 6.45) is 7.82. The Hall–Kier alpha value is -1.55. The molecule has 0 heterocycles. The van der Waals surface area contributed by atoms with E-state index in [1.165, 1.54) is 30.4 Å². The smallest absolute Gasteiger partial charge is 0.234 e. The molecule has 0 bridgehead atoms. The molecule has 0 radical (unpaired) electrons. The van der Waals surface area contributed by atoms with Crippen LogP contribution in [0.1, 0.15) is 43.2 Å². The summed E-state index contributed by atoms with van der Waals surface area (Å²) in [6, 6.07) is 6.58. The summed E-state index contributed by atoms with van der Waals surface area (Å²) in [5, 5.41) is 3.27. The van der Waals surface area contributed by atoms with Gasteiger partial charge < -0.3 is 15.8 Å². The molecule has 2 aliphatic carbocycles. The van der Waals surface area contributed by atoms with Crippen molar-refractivity contribution < 1.29 is 9.53 Å². The Balaban J connectivity index is 1.50. The number of carbonyl (C=O) groups excluding carboxylic acids is 1. The lowest BCUT2D eigenvalue weighted by molar-refractivity contribution is -0.120. The highest BCUT2D eigenvalue weighted by Gasteiger charge is 2.27. The molecule has 1 aromatic rings. The molecule has 1 atom stereocenters. The van der Waals surface area contributed by atoms with Crippen LogP contribution in [0.3, 0.4) is 0 Å². The van der Waals surface area contributed by atoms with Crippen molar-refractivity contribution in [2.45, 2.75) is 57.0 Å². The van der Waals surface area contributed by atoms with Gasteiger partial charge in [0.2, 0.25) is 5.91 Å². The number of nitrogens with one attached hydrogen (secondary N) is 1. The highest BCUT2D eigenvalue weighted by molar-refractivity contribution is 5.79. The standard InChI is InChI=1S/C17H24N2O2/c18-17(20)16(19-14-6-7-14)9-10-21-15-8-5-12-3-1-2-4-13(12)11-15/h5,8,11,14,16,19H,1-4,6-7,9-10H2,(H2,18,20). The van der Waals surface area contributed by atoms with Crippen molar-refractivity contribution in [2.75, 3.05) is 6.61 Å². The highest BCUT2D eigenvalue weighted by Crippen LogP contribution is 2.25. The van der Waals surface area contributed by atoms with E-state index in [4.69, 9.17) is 10.5 Å². The van der Waals surface area contributed by atoms with Crippen LogP contribution in [0.2, 0.25) is 0 Å². The van der Waals surface area contributed by atoms with Crippen LogP contribution in [-0.2, 0) is 17.6 Å². The maximum Gasteiger partial charge on any atom is 0.234 e. The second-order valence-electron chi connectivity index (χ2n) is 6.17. The first kappa shape index (κ1) is 14.4. The van der Waals surface area contributed by atoms with Crippen molar-refractivity contribution >= 4 is 5.91 Å². The van der Waals surface area contributed by atoms with Gasteiger partial charge in [0.05, 0.1) is 12.6 Å². The van der Waals surface area contributed by atoms with Crippen molar-refractivity contribution in [2.24, 2.45) is 5.73 Å². The van der Waals surface area contributed by atoms with Gasteiger partial charge in [0.25, 0.3) is 0 Å². The van der Waals surface area contributed by atoms with Crippen molar-refractivity contribution in [3.05, 3.63) is 29.3 Å². The summed E-state index contributed by atoms with van der Waals surface area (Å²) in [5.74, 6) is 0.626. The zero-order chi connectivity index (χ0) is 14.7. The summed E-state index contributed by atoms with van der Waals surface area (Å²) in [7, 11) is 0. The number of benzene rings is 1. The number of hydrogen-bond donors (Lipinski definition) is 2. The lowest BCUT2D eigenvalue weighted by atomic mass is 9.92. The van der Waals surface area contributed by atoms with Crippen LogP contribution in [0.25, 0.3) is 0 Å². The predicted octanol–water partition coefficient (Wildman–Crippen LogP) is 1.94. The molecule has 0 saturated heterocycles. The van der Waals surface area contributed by atoms with Crippen molar-refractivity contribution in [1.82, 2.24) is 5.32 Å². The molecule has 1 amide bonds. The molecule has 21 heavy (non-hydrogen) atoms. The van der Waals surface area contributed by atoms with Crippen LogP contribution in [0, 0.1) is 0 Å². The summed E-state index contributed by atoms with van der Waals surface area (Å²) in [6.45, 7) is 0.520. The third-order valence-corrected chi connectivity index (χ3v) is 4.35. The van der Waals surface area contributed by atoms with Gasteiger partial charge in [-0.1, -0.05) is 6.07 Å². The number of rotatable bonds is 7. The molecular formula is C17H24N2O2. The molecule has 1 fully saturated rings. The number of fused-ring (bicyclic) bond motifs is 1. The number of amides is 1. The number of carbonyl (C=O) groups is 1. The largest absolute Gasteiger partial charge is 0.494 e. The van der Waals surface area contributed by atoms with Gasteiger partial charge in [-0.15, -0.1) is 0 Å². The molecule has 0 spiro atoms. The predicted molar refractivity (Wildman–Crippen MR) is 82.3 cm³/mol. The number of primary amides is 1. The zero-order valence-corrected chi connectivity index (χ0v) is 12.4. The second kappa shape index (κ2) is 6.48. The van der Waals surface area contributed by atoms with Gasteiger partial charge in [-0.25, -0.2) is 0 Å². The van der Waals surface area contributed by atoms with Crippen LogP contribution >= 0.6 is 0 Å². The fourth-order valence-electron chi connectivity index (χ4n) is 2.94. The minimum Gasteiger partial charge on any atom is -0.494 e. The number of hydrogen-bond acceptors (Lipinski definition) is 3. The fourth-order valence-corrected chi connectivity index (χ4v) is 2.94. The first-order chi connectivity index (χ1) is 10.2. The van der Waals surface area contributed by atoms with Gasteiger partial charge in [-0.3, -0.25) is 4.79 Å². The first-order valence-corrected chi connectivity index (χ1v) is 8.02. The van der Waals surface area contributed by atoms with Gasteiger partial charge in [0.15, 0.2) is 0 Å². The Kier molecular flexibility index (Phi) is 4.44. The third-order valence-electron chi connectivity index (χ3n) is 4.35. The molecule has 4 heteroatoms. The van der Waals surface area contributed by atoms with Crippen LogP contribution in [-0.4, -0.2) is 24.6 Å². The molecule has 3 N–H and O–H groups in total. The van der Waals surface area contributed by atoms with Crippen LogP contribution < -0.4 is 15.8 Å². The van der Waals surface area contributed by atoms with E-state index in [-0.39, 0.29) is 11.9 Å². The van der Waals surface area contributed by atoms with E-state index < -0.39 is 0 Å². The molecule has 1 aromatic carbocycles. The lowest BCUT2D eigenvalue weighted by Gasteiger charge is -2.18. The Morgan fingerprint density at radius 2 is 2.05 bits per heavy atom. The Morgan fingerprint density at radius 1 is 1.29 bits per heavy atom. The van der Waals surface area contributed by atoms with E-state index in [2.05, 4.69) is 17.4 Å². The summed E-state index contributed by atoms with van der Waals surface area (Å²) >= 11 is 0. The Morgan fingerprint density at radius 3 is 2.76 bits per heavy atom. The lowest BCUT2D eigenvalue weighted by Crippen LogP contribution is -2.43. The minimum absolute atomic E-state index is 0.268. The monoisotopic (exact) mass is 288 g/mol. The molecule has 114 valence electrons. The Labute approximate surface area is 126 Å². The zero-order valence-electron chi connectivity index (χ0n) is 12.4. The summed E-state index contributed by atoms with van der Waals surface area (Å²) < 4.78 is 5.81. The van der Waals surface area contributed by atoms with Crippen LogP contribution in [0.4, 0.5) is 0 Å². The molecule has 1 unspecified atom stereocenters. The van der Waals surface area contributed by atoms with Crippen molar-refractivity contribution in [1.29, 1.82) is 0 Å². The highest BCUT2D eigenvalue weighted by atomic mass is 16.5. The number of nitrogens with two attached hydrogens (primary N) is 1. The topological polar surface area (TPSA) is 64.4 Å². The maximum absolute atomic E-state index is 11.4. The number of aryl methyl sites for hydroxylation is 2. The summed E-state index contributed by atoms with van der Waals surface area (Å²) in [5.41, 5.74) is 8.30. The fraction of sp³-hybridized carbons (Fsp3) is 0.588. The van der Waals surface area contributed by atoms with Gasteiger partial charge in [0.1, 0.15) is 5.75 Å². The van der Waals surface area contributed by atoms with E-state index in [1.807, 2.05) is 6.07 Å². The molecule has 1 saturated carbocycles. The van der Waals surface area contributed by atoms with E-state index in [1.54, 1.807) is 0 Å². The van der Waals surface area contributed by atoms with E-state index in [0.717, 1.165) is 25.0 Å². The molecule has 0 aromatic heterocycles. The van der Waals surface area contributed by atoms with Gasteiger partial charge in [-0.05, 0) is 61.8 Å².